The lowest BCUT2D eigenvalue weighted by Gasteiger charge is -2.22. The van der Waals surface area contributed by atoms with E-state index >= 15 is 0 Å². The summed E-state index contributed by atoms with van der Waals surface area (Å²) < 4.78 is 17.9. The lowest BCUT2D eigenvalue weighted by atomic mass is 10.1. The molecule has 8 nitrogen and oxygen atoms in total. The maximum absolute atomic E-state index is 11.7. The van der Waals surface area contributed by atoms with E-state index in [1.165, 1.54) is 6.26 Å². The molecule has 3 aromatic heterocycles. The Morgan fingerprint density at radius 1 is 1.32 bits per heavy atom. The average molecular weight is 382 g/mol. The Bertz CT molecular complexity index is 926. The highest BCUT2D eigenvalue weighted by Gasteiger charge is 2.17. The molecule has 1 fully saturated rings. The number of rotatable bonds is 6. The van der Waals surface area contributed by atoms with Crippen LogP contribution < -0.4 is 0 Å². The van der Waals surface area contributed by atoms with E-state index in [9.17, 15) is 4.79 Å². The van der Waals surface area contributed by atoms with Crippen LogP contribution in [0, 0.1) is 0 Å². The Balaban J connectivity index is 1.41. The van der Waals surface area contributed by atoms with Gasteiger partial charge in [0.05, 0.1) is 24.9 Å². The first-order valence-corrected chi connectivity index (χ1v) is 9.45. The summed E-state index contributed by atoms with van der Waals surface area (Å²) in [5.74, 6) is -0.0372. The van der Waals surface area contributed by atoms with E-state index in [2.05, 4.69) is 15.1 Å². The highest BCUT2D eigenvalue weighted by molar-refractivity contribution is 5.86. The molecule has 146 valence electrons. The van der Waals surface area contributed by atoms with Crippen LogP contribution in [0.25, 0.3) is 11.3 Å². The van der Waals surface area contributed by atoms with Gasteiger partial charge in [0.15, 0.2) is 11.6 Å². The first-order valence-electron chi connectivity index (χ1n) is 9.45. The van der Waals surface area contributed by atoms with Crippen LogP contribution in [0.5, 0.6) is 0 Å². The lowest BCUT2D eigenvalue weighted by Crippen LogP contribution is -2.18. The molecule has 0 aliphatic carbocycles. The summed E-state index contributed by atoms with van der Waals surface area (Å²) in [5.41, 5.74) is 2.90. The largest absolute Gasteiger partial charge is 0.461 e. The number of nitrogens with zero attached hydrogens (tertiary/aromatic N) is 4. The molecule has 1 saturated heterocycles. The fourth-order valence-corrected chi connectivity index (χ4v) is 3.13. The summed E-state index contributed by atoms with van der Waals surface area (Å²) in [6.45, 7) is 2.83. The van der Waals surface area contributed by atoms with Crippen molar-refractivity contribution >= 4 is 5.97 Å². The number of ether oxygens (including phenoxy) is 2. The Morgan fingerprint density at radius 3 is 3.00 bits per heavy atom. The number of hydrogen-bond acceptors (Lipinski definition) is 7. The molecule has 1 aliphatic rings. The topological polar surface area (TPSA) is 92.3 Å². The van der Waals surface area contributed by atoms with Crippen LogP contribution in [-0.2, 0) is 15.9 Å². The zero-order valence-corrected chi connectivity index (χ0v) is 15.7. The van der Waals surface area contributed by atoms with Crippen molar-refractivity contribution in [3.8, 4) is 11.3 Å². The molecule has 0 aromatic carbocycles. The third-order valence-electron chi connectivity index (χ3n) is 4.56. The van der Waals surface area contributed by atoms with Crippen LogP contribution in [0.1, 0.15) is 54.4 Å². The molecule has 4 rings (SSSR count). The molecular weight excluding hydrogens is 360 g/mol. The van der Waals surface area contributed by atoms with Crippen LogP contribution in [-0.4, -0.2) is 38.9 Å². The zero-order chi connectivity index (χ0) is 19.3. The summed E-state index contributed by atoms with van der Waals surface area (Å²) >= 11 is 0. The van der Waals surface area contributed by atoms with Crippen molar-refractivity contribution in [2.45, 2.75) is 38.8 Å². The van der Waals surface area contributed by atoms with E-state index in [0.717, 1.165) is 42.7 Å². The molecule has 3 aromatic rings. The standard InChI is InChI=1S/C20H22N4O4/c1-2-26-20(25)17-13-28-18(23-17)9-14-6-7-16(21-10-14)15-11-22-24(12-15)19-5-3-4-8-27-19/h6-7,10-13,19H,2-5,8-9H2,1H3. The number of carbonyl (C=O) groups excluding carboxylic acids is 1. The van der Waals surface area contributed by atoms with Crippen molar-refractivity contribution in [3.63, 3.8) is 0 Å². The van der Waals surface area contributed by atoms with Gasteiger partial charge in [-0.2, -0.15) is 5.10 Å². The van der Waals surface area contributed by atoms with Crippen molar-refractivity contribution in [2.24, 2.45) is 0 Å². The second-order valence-electron chi connectivity index (χ2n) is 6.61. The minimum absolute atomic E-state index is 0.0143. The Morgan fingerprint density at radius 2 is 2.25 bits per heavy atom. The number of pyridine rings is 1. The summed E-state index contributed by atoms with van der Waals surface area (Å²) in [5, 5.41) is 4.42. The van der Waals surface area contributed by atoms with Gasteiger partial charge in [0.25, 0.3) is 0 Å². The molecule has 0 amide bonds. The fraction of sp³-hybridized carbons (Fsp3) is 0.400. The van der Waals surface area contributed by atoms with Crippen molar-refractivity contribution < 1.29 is 18.7 Å². The van der Waals surface area contributed by atoms with Gasteiger partial charge in [-0.15, -0.1) is 0 Å². The summed E-state index contributed by atoms with van der Waals surface area (Å²) in [6.07, 6.45) is 10.6. The molecule has 1 aliphatic heterocycles. The van der Waals surface area contributed by atoms with Gasteiger partial charge in [0.1, 0.15) is 12.5 Å². The van der Waals surface area contributed by atoms with Gasteiger partial charge in [-0.05, 0) is 37.8 Å². The molecule has 0 N–H and O–H groups in total. The predicted molar refractivity (Wildman–Crippen MR) is 99.6 cm³/mol. The fourth-order valence-electron chi connectivity index (χ4n) is 3.13. The second-order valence-corrected chi connectivity index (χ2v) is 6.61. The molecule has 0 spiro atoms. The highest BCUT2D eigenvalue weighted by atomic mass is 16.5. The van der Waals surface area contributed by atoms with Crippen molar-refractivity contribution in [2.75, 3.05) is 13.2 Å². The molecule has 0 bridgehead atoms. The van der Waals surface area contributed by atoms with Gasteiger partial charge in [0, 0.05) is 24.6 Å². The van der Waals surface area contributed by atoms with Gasteiger partial charge in [-0.1, -0.05) is 6.07 Å². The number of esters is 1. The minimum Gasteiger partial charge on any atom is -0.461 e. The molecule has 1 atom stereocenters. The van der Waals surface area contributed by atoms with Crippen molar-refractivity contribution in [1.82, 2.24) is 19.7 Å². The number of aromatic nitrogens is 4. The number of carbonyl (C=O) groups is 1. The van der Waals surface area contributed by atoms with Gasteiger partial charge in [0.2, 0.25) is 0 Å². The van der Waals surface area contributed by atoms with Crippen LogP contribution in [0.4, 0.5) is 0 Å². The van der Waals surface area contributed by atoms with Crippen molar-refractivity contribution in [3.05, 3.63) is 54.1 Å². The molecule has 28 heavy (non-hydrogen) atoms. The number of hydrogen-bond donors (Lipinski definition) is 0. The summed E-state index contributed by atoms with van der Waals surface area (Å²) in [7, 11) is 0. The summed E-state index contributed by atoms with van der Waals surface area (Å²) in [4.78, 5) is 20.3. The van der Waals surface area contributed by atoms with E-state index in [-0.39, 0.29) is 11.9 Å². The third kappa shape index (κ3) is 4.12. The van der Waals surface area contributed by atoms with Gasteiger partial charge in [-0.3, -0.25) is 4.98 Å². The van der Waals surface area contributed by atoms with Crippen LogP contribution in [0.15, 0.2) is 41.4 Å². The van der Waals surface area contributed by atoms with Gasteiger partial charge >= 0.3 is 5.97 Å². The first kappa shape index (κ1) is 18.4. The molecule has 4 heterocycles. The normalized spacial score (nSPS) is 16.8. The Kier molecular flexibility index (Phi) is 5.48. The van der Waals surface area contributed by atoms with E-state index in [1.807, 2.05) is 23.0 Å². The lowest BCUT2D eigenvalue weighted by molar-refractivity contribution is -0.0394. The first-order chi connectivity index (χ1) is 13.7. The molecular formula is C20H22N4O4. The molecule has 0 saturated carbocycles. The smallest absolute Gasteiger partial charge is 0.360 e. The SMILES string of the molecule is CCOC(=O)c1coc(Cc2ccc(-c3cnn(C4CCCCO4)c3)nc2)n1. The average Bonchev–Trinajstić information content (AvgIpc) is 3.40. The minimum atomic E-state index is -0.482. The van der Waals surface area contributed by atoms with Crippen LogP contribution in [0.2, 0.25) is 0 Å². The molecule has 0 radical (unpaired) electrons. The molecule has 1 unspecified atom stereocenters. The van der Waals surface area contributed by atoms with E-state index in [0.29, 0.717) is 18.9 Å². The zero-order valence-electron chi connectivity index (χ0n) is 15.7. The predicted octanol–water partition coefficient (Wildman–Crippen LogP) is 3.40. The maximum Gasteiger partial charge on any atom is 0.360 e. The third-order valence-corrected chi connectivity index (χ3v) is 4.56. The Labute approximate surface area is 162 Å². The van der Waals surface area contributed by atoms with Crippen LogP contribution >= 0.6 is 0 Å². The van der Waals surface area contributed by atoms with E-state index in [4.69, 9.17) is 13.9 Å². The van der Waals surface area contributed by atoms with E-state index in [1.54, 1.807) is 19.3 Å². The van der Waals surface area contributed by atoms with Crippen LogP contribution in [0.3, 0.4) is 0 Å². The van der Waals surface area contributed by atoms with Gasteiger partial charge < -0.3 is 13.9 Å². The maximum atomic E-state index is 11.7. The van der Waals surface area contributed by atoms with E-state index < -0.39 is 5.97 Å². The quantitative estimate of drug-likeness (QED) is 0.603. The highest BCUT2D eigenvalue weighted by Crippen LogP contribution is 2.24. The molecule has 8 heteroatoms. The van der Waals surface area contributed by atoms with Crippen molar-refractivity contribution in [1.29, 1.82) is 0 Å². The number of oxazole rings is 1. The monoisotopic (exact) mass is 382 g/mol. The van der Waals surface area contributed by atoms with Gasteiger partial charge in [-0.25, -0.2) is 14.5 Å². The Hall–Kier alpha value is -3.00. The summed E-state index contributed by atoms with van der Waals surface area (Å²) in [6, 6.07) is 3.90. The second kappa shape index (κ2) is 8.35.